The number of hydrogen-bond donors (Lipinski definition) is 2. The van der Waals surface area contributed by atoms with Crippen LogP contribution in [-0.4, -0.2) is 35.6 Å². The van der Waals surface area contributed by atoms with Gasteiger partial charge in [-0.3, -0.25) is 9.79 Å². The minimum atomic E-state index is 0.0568. The van der Waals surface area contributed by atoms with Crippen LogP contribution in [0.5, 0.6) is 0 Å². The Hall–Kier alpha value is -2.15. The van der Waals surface area contributed by atoms with Crippen LogP contribution < -0.4 is 16.2 Å². The number of pyridine rings is 1. The van der Waals surface area contributed by atoms with Gasteiger partial charge in [-0.15, -0.1) is 11.3 Å². The molecule has 0 unspecified atom stereocenters. The van der Waals surface area contributed by atoms with Gasteiger partial charge >= 0.3 is 0 Å². The fourth-order valence-corrected chi connectivity index (χ4v) is 3.26. The second-order valence-electron chi connectivity index (χ2n) is 5.69. The molecular formula is C18H27N5OS. The minimum Gasteiger partial charge on any atom is -0.356 e. The van der Waals surface area contributed by atoms with E-state index in [0.29, 0.717) is 0 Å². The molecule has 0 aliphatic carbocycles. The summed E-state index contributed by atoms with van der Waals surface area (Å²) in [7, 11) is 1.78. The molecule has 0 aliphatic rings. The van der Waals surface area contributed by atoms with Crippen LogP contribution in [0.1, 0.15) is 29.7 Å². The van der Waals surface area contributed by atoms with E-state index in [-0.39, 0.29) is 5.56 Å². The lowest BCUT2D eigenvalue weighted by Crippen LogP contribution is -2.38. The highest BCUT2D eigenvalue weighted by Gasteiger charge is 2.02. The van der Waals surface area contributed by atoms with Crippen LogP contribution in [-0.2, 0) is 19.4 Å². The summed E-state index contributed by atoms with van der Waals surface area (Å²) < 4.78 is 1.74. The maximum Gasteiger partial charge on any atom is 0.250 e. The molecule has 25 heavy (non-hydrogen) atoms. The molecule has 0 amide bonds. The molecule has 6 nitrogen and oxygen atoms in total. The quantitative estimate of drug-likeness (QED) is 0.407. The number of aromatic nitrogens is 2. The number of aliphatic imine (C=N–C) groups is 1. The molecular weight excluding hydrogens is 334 g/mol. The largest absolute Gasteiger partial charge is 0.356 e. The van der Waals surface area contributed by atoms with E-state index >= 15 is 0 Å². The third-order valence-electron chi connectivity index (χ3n) is 3.82. The van der Waals surface area contributed by atoms with Crippen LogP contribution in [0.15, 0.2) is 40.4 Å². The van der Waals surface area contributed by atoms with Crippen molar-refractivity contribution in [2.45, 2.75) is 39.2 Å². The van der Waals surface area contributed by atoms with E-state index in [2.05, 4.69) is 27.5 Å². The van der Waals surface area contributed by atoms with Gasteiger partial charge in [-0.1, -0.05) is 13.0 Å². The standard InChI is InChI=1S/C18H27N5OS/c1-3-15-14-22-16(25-15)9-11-21-18(19-2)20-10-5-7-13-23-12-6-4-8-17(23)24/h4,6,8,12,14H,3,5,7,9-11,13H2,1-2H3,(H2,19,20,21). The molecule has 2 rings (SSSR count). The van der Waals surface area contributed by atoms with Crippen LogP contribution in [0.3, 0.4) is 0 Å². The van der Waals surface area contributed by atoms with Gasteiger partial charge in [0.1, 0.15) is 0 Å². The van der Waals surface area contributed by atoms with Crippen molar-refractivity contribution in [2.24, 2.45) is 4.99 Å². The van der Waals surface area contributed by atoms with E-state index in [1.165, 1.54) is 4.88 Å². The summed E-state index contributed by atoms with van der Waals surface area (Å²) in [6.45, 7) is 4.54. The Morgan fingerprint density at radius 3 is 2.84 bits per heavy atom. The van der Waals surface area contributed by atoms with Gasteiger partial charge in [-0.2, -0.15) is 0 Å². The van der Waals surface area contributed by atoms with Crippen molar-refractivity contribution in [2.75, 3.05) is 20.1 Å². The highest BCUT2D eigenvalue weighted by Crippen LogP contribution is 2.13. The number of thiazole rings is 1. The highest BCUT2D eigenvalue weighted by molar-refractivity contribution is 7.11. The minimum absolute atomic E-state index is 0.0568. The predicted octanol–water partition coefficient (Wildman–Crippen LogP) is 2.06. The molecule has 0 saturated heterocycles. The molecule has 2 aromatic rings. The van der Waals surface area contributed by atoms with Crippen LogP contribution >= 0.6 is 11.3 Å². The molecule has 0 aliphatic heterocycles. The lowest BCUT2D eigenvalue weighted by Gasteiger charge is -2.11. The van der Waals surface area contributed by atoms with Gasteiger partial charge in [0.05, 0.1) is 5.01 Å². The normalized spacial score (nSPS) is 11.5. The van der Waals surface area contributed by atoms with Crippen molar-refractivity contribution in [1.29, 1.82) is 0 Å². The third-order valence-corrected chi connectivity index (χ3v) is 5.02. The van der Waals surface area contributed by atoms with Gasteiger partial charge in [-0.05, 0) is 25.3 Å². The van der Waals surface area contributed by atoms with E-state index in [0.717, 1.165) is 56.3 Å². The lowest BCUT2D eigenvalue weighted by molar-refractivity contribution is 0.585. The van der Waals surface area contributed by atoms with E-state index in [1.54, 1.807) is 35.1 Å². The molecule has 0 saturated carbocycles. The number of nitrogens with one attached hydrogen (secondary N) is 2. The average molecular weight is 362 g/mol. The lowest BCUT2D eigenvalue weighted by atomic mass is 10.3. The molecule has 2 N–H and O–H groups in total. The first-order valence-corrected chi connectivity index (χ1v) is 9.58. The van der Waals surface area contributed by atoms with Gasteiger partial charge in [0, 0.05) is 56.4 Å². The van der Waals surface area contributed by atoms with Crippen molar-refractivity contribution in [3.63, 3.8) is 0 Å². The average Bonchev–Trinajstić information content (AvgIpc) is 3.09. The fourth-order valence-electron chi connectivity index (χ4n) is 2.39. The van der Waals surface area contributed by atoms with Crippen LogP contribution in [0.25, 0.3) is 0 Å². The van der Waals surface area contributed by atoms with Gasteiger partial charge in [0.25, 0.3) is 0 Å². The smallest absolute Gasteiger partial charge is 0.250 e. The molecule has 7 heteroatoms. The van der Waals surface area contributed by atoms with E-state index < -0.39 is 0 Å². The van der Waals surface area contributed by atoms with Crippen molar-refractivity contribution >= 4 is 17.3 Å². The molecule has 0 aromatic carbocycles. The Morgan fingerprint density at radius 1 is 1.28 bits per heavy atom. The molecule has 136 valence electrons. The van der Waals surface area contributed by atoms with Gasteiger partial charge in [-0.25, -0.2) is 4.98 Å². The Kier molecular flexibility index (Phi) is 8.18. The number of rotatable bonds is 9. The summed E-state index contributed by atoms with van der Waals surface area (Å²) in [5, 5.41) is 7.78. The van der Waals surface area contributed by atoms with E-state index in [9.17, 15) is 4.79 Å². The highest BCUT2D eigenvalue weighted by atomic mass is 32.1. The second kappa shape index (κ2) is 10.7. The van der Waals surface area contributed by atoms with Gasteiger partial charge < -0.3 is 15.2 Å². The first-order chi connectivity index (χ1) is 12.2. The molecule has 0 radical (unpaired) electrons. The predicted molar refractivity (Wildman–Crippen MR) is 104 cm³/mol. The Labute approximate surface area is 153 Å². The second-order valence-corrected chi connectivity index (χ2v) is 6.89. The summed E-state index contributed by atoms with van der Waals surface area (Å²) in [5.74, 6) is 0.809. The van der Waals surface area contributed by atoms with Crippen LogP contribution in [0.2, 0.25) is 0 Å². The van der Waals surface area contributed by atoms with Crippen molar-refractivity contribution in [3.05, 3.63) is 50.8 Å². The Balaban J connectivity index is 1.60. The zero-order valence-electron chi connectivity index (χ0n) is 15.0. The fraction of sp³-hybridized carbons (Fsp3) is 0.500. The maximum atomic E-state index is 11.6. The first-order valence-electron chi connectivity index (χ1n) is 8.76. The number of unbranched alkanes of at least 4 members (excludes halogenated alkanes) is 1. The summed E-state index contributed by atoms with van der Waals surface area (Å²) in [5.41, 5.74) is 0.0568. The maximum absolute atomic E-state index is 11.6. The van der Waals surface area contributed by atoms with E-state index in [1.807, 2.05) is 18.5 Å². The molecule has 2 heterocycles. The molecule has 0 spiro atoms. The summed E-state index contributed by atoms with van der Waals surface area (Å²) in [4.78, 5) is 21.6. The van der Waals surface area contributed by atoms with Gasteiger partial charge in [0.15, 0.2) is 5.96 Å². The zero-order valence-corrected chi connectivity index (χ0v) is 15.8. The van der Waals surface area contributed by atoms with Crippen molar-refractivity contribution < 1.29 is 0 Å². The number of aryl methyl sites for hydroxylation is 2. The van der Waals surface area contributed by atoms with Gasteiger partial charge in [0.2, 0.25) is 5.56 Å². The van der Waals surface area contributed by atoms with Crippen LogP contribution in [0.4, 0.5) is 0 Å². The molecule has 2 aromatic heterocycles. The Bertz CT molecular complexity index is 722. The molecule has 0 atom stereocenters. The third kappa shape index (κ3) is 6.70. The summed E-state index contributed by atoms with van der Waals surface area (Å²) in [6.07, 6.45) is 7.68. The molecule has 0 fully saturated rings. The van der Waals surface area contributed by atoms with Crippen LogP contribution in [0, 0.1) is 0 Å². The van der Waals surface area contributed by atoms with E-state index in [4.69, 9.17) is 0 Å². The zero-order chi connectivity index (χ0) is 17.9. The Morgan fingerprint density at radius 2 is 2.12 bits per heavy atom. The molecule has 0 bridgehead atoms. The monoisotopic (exact) mass is 361 g/mol. The number of hydrogen-bond acceptors (Lipinski definition) is 4. The summed E-state index contributed by atoms with van der Waals surface area (Å²) >= 11 is 1.78. The van der Waals surface area contributed by atoms with Crippen molar-refractivity contribution in [1.82, 2.24) is 20.2 Å². The van der Waals surface area contributed by atoms with Crippen molar-refractivity contribution in [3.8, 4) is 0 Å². The number of guanidine groups is 1. The SMILES string of the molecule is CCc1cnc(CCNC(=NC)NCCCCn2ccccc2=O)s1. The summed E-state index contributed by atoms with van der Waals surface area (Å²) in [6, 6.07) is 5.25. The number of nitrogens with zero attached hydrogens (tertiary/aromatic N) is 3. The topological polar surface area (TPSA) is 71.3 Å². The first kappa shape index (κ1) is 19.2.